The summed E-state index contributed by atoms with van der Waals surface area (Å²) in [5.74, 6) is 0. The van der Waals surface area contributed by atoms with Gasteiger partial charge >= 0.3 is 0 Å². The zero-order chi connectivity index (χ0) is 11.6. The van der Waals surface area contributed by atoms with Crippen molar-refractivity contribution in [2.24, 2.45) is 11.1 Å². The summed E-state index contributed by atoms with van der Waals surface area (Å²) in [4.78, 5) is 0. The van der Waals surface area contributed by atoms with Crippen molar-refractivity contribution in [2.45, 2.75) is 32.2 Å². The van der Waals surface area contributed by atoms with Gasteiger partial charge in [-0.25, -0.2) is 0 Å². The van der Waals surface area contributed by atoms with Gasteiger partial charge in [-0.05, 0) is 44.5 Å². The molecule has 88 valence electrons. The van der Waals surface area contributed by atoms with Crippen LogP contribution in [-0.2, 0) is 0 Å². The molecule has 0 saturated heterocycles. The molecule has 1 aromatic rings. The van der Waals surface area contributed by atoms with Crippen molar-refractivity contribution in [2.75, 3.05) is 13.6 Å². The van der Waals surface area contributed by atoms with Gasteiger partial charge in [-0.1, -0.05) is 30.7 Å². The van der Waals surface area contributed by atoms with Crippen LogP contribution in [0.1, 0.15) is 36.4 Å². The maximum absolute atomic E-state index is 5.99. The molecule has 1 aliphatic carbocycles. The Bertz CT molecular complexity index is 350. The summed E-state index contributed by atoms with van der Waals surface area (Å²) in [5.41, 5.74) is 9.06. The van der Waals surface area contributed by atoms with Crippen LogP contribution in [0.15, 0.2) is 24.3 Å². The summed E-state index contributed by atoms with van der Waals surface area (Å²) in [5, 5.41) is 3.47. The molecule has 16 heavy (non-hydrogen) atoms. The number of rotatable bonds is 4. The summed E-state index contributed by atoms with van der Waals surface area (Å²) in [6.45, 7) is 2.97. The minimum atomic E-state index is 0.293. The Morgan fingerprint density at radius 2 is 2.06 bits per heavy atom. The monoisotopic (exact) mass is 218 g/mol. The summed E-state index contributed by atoms with van der Waals surface area (Å²) in [6.07, 6.45) is 3.83. The molecule has 0 bridgehead atoms. The molecule has 0 aliphatic heterocycles. The van der Waals surface area contributed by atoms with Gasteiger partial charge in [0.15, 0.2) is 0 Å². The lowest BCUT2D eigenvalue weighted by Gasteiger charge is -2.47. The largest absolute Gasteiger partial charge is 0.330 e. The van der Waals surface area contributed by atoms with Crippen LogP contribution in [0.3, 0.4) is 0 Å². The van der Waals surface area contributed by atoms with E-state index in [0.29, 0.717) is 11.5 Å². The zero-order valence-electron chi connectivity index (χ0n) is 10.3. The summed E-state index contributed by atoms with van der Waals surface area (Å²) in [7, 11) is 2.05. The van der Waals surface area contributed by atoms with E-state index in [2.05, 4.69) is 36.5 Å². The predicted molar refractivity (Wildman–Crippen MR) is 68.3 cm³/mol. The number of benzene rings is 1. The van der Waals surface area contributed by atoms with Crippen molar-refractivity contribution in [3.63, 3.8) is 0 Å². The number of nitrogens with one attached hydrogen (secondary N) is 1. The average Bonchev–Trinajstić information content (AvgIpc) is 2.25. The third kappa shape index (κ3) is 1.76. The van der Waals surface area contributed by atoms with Crippen LogP contribution >= 0.6 is 0 Å². The van der Waals surface area contributed by atoms with Crippen LogP contribution in [0.4, 0.5) is 0 Å². The Morgan fingerprint density at radius 1 is 1.38 bits per heavy atom. The Hall–Kier alpha value is -0.860. The standard InChI is InChI=1S/C14H22N2/c1-11-6-3-4-7-12(11)13(16-2)14(10-15)8-5-9-14/h3-4,6-7,13,16H,5,8-10,15H2,1-2H3. The Kier molecular flexibility index (Phi) is 3.31. The first kappa shape index (κ1) is 11.6. The number of hydrogen-bond donors (Lipinski definition) is 2. The average molecular weight is 218 g/mol. The van der Waals surface area contributed by atoms with E-state index < -0.39 is 0 Å². The molecule has 2 nitrogen and oxygen atoms in total. The van der Waals surface area contributed by atoms with Crippen molar-refractivity contribution in [3.05, 3.63) is 35.4 Å². The van der Waals surface area contributed by atoms with E-state index >= 15 is 0 Å². The third-order valence-corrected chi connectivity index (χ3v) is 4.16. The molecule has 1 aromatic carbocycles. The topological polar surface area (TPSA) is 38.0 Å². The number of aryl methyl sites for hydroxylation is 1. The van der Waals surface area contributed by atoms with Gasteiger partial charge in [0.05, 0.1) is 0 Å². The van der Waals surface area contributed by atoms with E-state index in [9.17, 15) is 0 Å². The Labute approximate surface area is 98.2 Å². The molecule has 0 heterocycles. The van der Waals surface area contributed by atoms with Crippen molar-refractivity contribution in [1.29, 1.82) is 0 Å². The molecule has 0 radical (unpaired) electrons. The Morgan fingerprint density at radius 3 is 2.50 bits per heavy atom. The van der Waals surface area contributed by atoms with Crippen molar-refractivity contribution in [1.82, 2.24) is 5.32 Å². The highest BCUT2D eigenvalue weighted by molar-refractivity contribution is 5.31. The summed E-state index contributed by atoms with van der Waals surface area (Å²) < 4.78 is 0. The van der Waals surface area contributed by atoms with Crippen molar-refractivity contribution in [3.8, 4) is 0 Å². The maximum atomic E-state index is 5.99. The molecule has 1 aliphatic rings. The van der Waals surface area contributed by atoms with E-state index in [1.54, 1.807) is 0 Å². The minimum Gasteiger partial charge on any atom is -0.330 e. The molecule has 0 amide bonds. The van der Waals surface area contributed by atoms with Crippen molar-refractivity contribution >= 4 is 0 Å². The fraction of sp³-hybridized carbons (Fsp3) is 0.571. The molecule has 0 aromatic heterocycles. The molecular weight excluding hydrogens is 196 g/mol. The second kappa shape index (κ2) is 4.56. The van der Waals surface area contributed by atoms with Gasteiger partial charge in [-0.2, -0.15) is 0 Å². The van der Waals surface area contributed by atoms with Crippen LogP contribution in [0.25, 0.3) is 0 Å². The lowest BCUT2D eigenvalue weighted by molar-refractivity contribution is 0.0876. The van der Waals surface area contributed by atoms with Crippen LogP contribution in [-0.4, -0.2) is 13.6 Å². The van der Waals surface area contributed by atoms with E-state index in [0.717, 1.165) is 6.54 Å². The first-order valence-corrected chi connectivity index (χ1v) is 6.16. The molecular formula is C14H22N2. The van der Waals surface area contributed by atoms with Gasteiger partial charge in [-0.3, -0.25) is 0 Å². The van der Waals surface area contributed by atoms with Crippen molar-refractivity contribution < 1.29 is 0 Å². The van der Waals surface area contributed by atoms with Gasteiger partial charge in [0.25, 0.3) is 0 Å². The molecule has 1 unspecified atom stereocenters. The van der Waals surface area contributed by atoms with E-state index in [1.807, 2.05) is 7.05 Å². The molecule has 2 rings (SSSR count). The number of hydrogen-bond acceptors (Lipinski definition) is 2. The molecule has 1 saturated carbocycles. The minimum absolute atomic E-state index is 0.293. The lowest BCUT2D eigenvalue weighted by Crippen LogP contribution is -2.47. The molecule has 0 spiro atoms. The summed E-state index contributed by atoms with van der Waals surface area (Å²) >= 11 is 0. The van der Waals surface area contributed by atoms with Crippen LogP contribution in [0.2, 0.25) is 0 Å². The maximum Gasteiger partial charge on any atom is 0.0389 e. The molecule has 3 N–H and O–H groups in total. The van der Waals surface area contributed by atoms with Gasteiger partial charge in [0.1, 0.15) is 0 Å². The second-order valence-corrected chi connectivity index (χ2v) is 5.00. The smallest absolute Gasteiger partial charge is 0.0389 e. The van der Waals surface area contributed by atoms with Gasteiger partial charge in [0, 0.05) is 11.5 Å². The SMILES string of the molecule is CNC(c1ccccc1C)C1(CN)CCC1. The van der Waals surface area contributed by atoms with Crippen LogP contribution in [0.5, 0.6) is 0 Å². The first-order valence-electron chi connectivity index (χ1n) is 6.16. The highest BCUT2D eigenvalue weighted by Gasteiger charge is 2.43. The zero-order valence-corrected chi connectivity index (χ0v) is 10.3. The predicted octanol–water partition coefficient (Wildman–Crippen LogP) is 2.38. The molecule has 2 heteroatoms. The number of nitrogens with two attached hydrogens (primary N) is 1. The lowest BCUT2D eigenvalue weighted by atomic mass is 9.62. The van der Waals surface area contributed by atoms with Crippen LogP contribution in [0, 0.1) is 12.3 Å². The normalized spacial score (nSPS) is 20.2. The first-order chi connectivity index (χ1) is 7.73. The third-order valence-electron chi connectivity index (χ3n) is 4.16. The second-order valence-electron chi connectivity index (χ2n) is 5.00. The summed E-state index contributed by atoms with van der Waals surface area (Å²) in [6, 6.07) is 9.04. The molecule has 1 fully saturated rings. The van der Waals surface area contributed by atoms with Gasteiger partial charge in [0.2, 0.25) is 0 Å². The van der Waals surface area contributed by atoms with Gasteiger partial charge in [-0.15, -0.1) is 0 Å². The van der Waals surface area contributed by atoms with Gasteiger partial charge < -0.3 is 11.1 Å². The highest BCUT2D eigenvalue weighted by atomic mass is 14.9. The Balaban J connectivity index is 2.32. The van der Waals surface area contributed by atoms with E-state index in [4.69, 9.17) is 5.73 Å². The van der Waals surface area contributed by atoms with E-state index in [1.165, 1.54) is 30.4 Å². The fourth-order valence-corrected chi connectivity index (χ4v) is 2.94. The quantitative estimate of drug-likeness (QED) is 0.814. The molecule has 1 atom stereocenters. The van der Waals surface area contributed by atoms with E-state index in [-0.39, 0.29) is 0 Å². The fourth-order valence-electron chi connectivity index (χ4n) is 2.94. The van der Waals surface area contributed by atoms with Crippen LogP contribution < -0.4 is 11.1 Å². The highest BCUT2D eigenvalue weighted by Crippen LogP contribution is 2.49.